The molecular formula is C12H23N. The molecule has 1 spiro atoms. The van der Waals surface area contributed by atoms with Crippen LogP contribution in [0.2, 0.25) is 0 Å². The van der Waals surface area contributed by atoms with Crippen LogP contribution in [0.15, 0.2) is 0 Å². The van der Waals surface area contributed by atoms with E-state index in [0.29, 0.717) is 0 Å². The molecule has 0 amide bonds. The van der Waals surface area contributed by atoms with E-state index in [0.717, 1.165) is 17.3 Å². The molecule has 0 N–H and O–H groups in total. The summed E-state index contributed by atoms with van der Waals surface area (Å²) in [5.41, 5.74) is 0.816. The maximum atomic E-state index is 2.48. The molecule has 1 aliphatic heterocycles. The summed E-state index contributed by atoms with van der Waals surface area (Å²) in [4.78, 5) is 2.48. The van der Waals surface area contributed by atoms with E-state index in [1.165, 1.54) is 32.4 Å². The summed E-state index contributed by atoms with van der Waals surface area (Å²) in [6.07, 6.45) is 5.96. The first-order valence-corrected chi connectivity index (χ1v) is 5.81. The zero-order valence-corrected chi connectivity index (χ0v) is 9.34. The summed E-state index contributed by atoms with van der Waals surface area (Å²) >= 11 is 0. The minimum absolute atomic E-state index is 0.816. The van der Waals surface area contributed by atoms with Crippen molar-refractivity contribution in [3.8, 4) is 0 Å². The number of rotatable bonds is 2. The standard InChI is InChI=1S/C12H23N/c1-10(2)8-11-9-12(11)4-6-13(3)7-5-12/h10-11H,4-9H2,1-3H3. The molecule has 2 aliphatic rings. The van der Waals surface area contributed by atoms with Gasteiger partial charge in [0.05, 0.1) is 0 Å². The fourth-order valence-electron chi connectivity index (χ4n) is 3.01. The summed E-state index contributed by atoms with van der Waals surface area (Å²) in [6, 6.07) is 0. The third kappa shape index (κ3) is 1.90. The van der Waals surface area contributed by atoms with Crippen molar-refractivity contribution in [3.05, 3.63) is 0 Å². The van der Waals surface area contributed by atoms with Gasteiger partial charge in [-0.25, -0.2) is 0 Å². The van der Waals surface area contributed by atoms with Crippen molar-refractivity contribution in [2.45, 2.75) is 39.5 Å². The average Bonchev–Trinajstić information content (AvgIpc) is 2.70. The molecule has 0 bridgehead atoms. The average molecular weight is 181 g/mol. The predicted octanol–water partition coefficient (Wildman–Crippen LogP) is 2.76. The Hall–Kier alpha value is -0.0400. The minimum atomic E-state index is 0.816. The first-order valence-electron chi connectivity index (χ1n) is 5.81. The van der Waals surface area contributed by atoms with Crippen LogP contribution in [-0.4, -0.2) is 25.0 Å². The Bertz CT molecular complexity index is 178. The van der Waals surface area contributed by atoms with Gasteiger partial charge in [-0.05, 0) is 63.1 Å². The zero-order chi connectivity index (χ0) is 9.47. The van der Waals surface area contributed by atoms with E-state index in [-0.39, 0.29) is 0 Å². The van der Waals surface area contributed by atoms with Crippen LogP contribution < -0.4 is 0 Å². The summed E-state index contributed by atoms with van der Waals surface area (Å²) in [7, 11) is 2.26. The van der Waals surface area contributed by atoms with Crippen LogP contribution >= 0.6 is 0 Å². The molecule has 1 aliphatic carbocycles. The molecule has 1 saturated carbocycles. The second kappa shape index (κ2) is 3.27. The SMILES string of the molecule is CC(C)CC1CC12CCN(C)CC2. The molecule has 1 nitrogen and oxygen atoms in total. The Kier molecular flexibility index (Phi) is 2.39. The normalized spacial score (nSPS) is 32.8. The highest BCUT2D eigenvalue weighted by Crippen LogP contribution is 2.61. The van der Waals surface area contributed by atoms with E-state index in [1.54, 1.807) is 6.42 Å². The predicted molar refractivity (Wildman–Crippen MR) is 56.7 cm³/mol. The first-order chi connectivity index (χ1) is 6.12. The number of nitrogens with zero attached hydrogens (tertiary/aromatic N) is 1. The number of piperidine rings is 1. The Balaban J connectivity index is 1.82. The topological polar surface area (TPSA) is 3.24 Å². The highest BCUT2D eigenvalue weighted by Gasteiger charge is 2.53. The van der Waals surface area contributed by atoms with Crippen molar-refractivity contribution in [3.63, 3.8) is 0 Å². The van der Waals surface area contributed by atoms with Gasteiger partial charge in [0, 0.05) is 0 Å². The number of likely N-dealkylation sites (tertiary alicyclic amines) is 1. The maximum absolute atomic E-state index is 2.48. The van der Waals surface area contributed by atoms with E-state index in [1.807, 2.05) is 0 Å². The van der Waals surface area contributed by atoms with Crippen LogP contribution in [0, 0.1) is 17.3 Å². The summed E-state index contributed by atoms with van der Waals surface area (Å²) in [5.74, 6) is 1.99. The van der Waals surface area contributed by atoms with Crippen LogP contribution in [0.4, 0.5) is 0 Å². The monoisotopic (exact) mass is 181 g/mol. The van der Waals surface area contributed by atoms with Gasteiger partial charge in [-0.3, -0.25) is 0 Å². The van der Waals surface area contributed by atoms with Gasteiger partial charge >= 0.3 is 0 Å². The molecule has 0 aromatic carbocycles. The summed E-state index contributed by atoms with van der Waals surface area (Å²) in [6.45, 7) is 7.41. The smallest absolute Gasteiger partial charge is 0.00164 e. The van der Waals surface area contributed by atoms with E-state index in [4.69, 9.17) is 0 Å². The van der Waals surface area contributed by atoms with Gasteiger partial charge in [-0.1, -0.05) is 13.8 Å². The Morgan fingerprint density at radius 3 is 2.46 bits per heavy atom. The number of hydrogen-bond donors (Lipinski definition) is 0. The molecule has 1 atom stereocenters. The Morgan fingerprint density at radius 1 is 1.31 bits per heavy atom. The maximum Gasteiger partial charge on any atom is -0.00164 e. The molecule has 1 saturated heterocycles. The van der Waals surface area contributed by atoms with Gasteiger partial charge in [0.2, 0.25) is 0 Å². The molecule has 76 valence electrons. The molecule has 0 aromatic heterocycles. The lowest BCUT2D eigenvalue weighted by molar-refractivity contribution is 0.188. The Morgan fingerprint density at radius 2 is 1.92 bits per heavy atom. The van der Waals surface area contributed by atoms with Crippen molar-refractivity contribution in [1.29, 1.82) is 0 Å². The van der Waals surface area contributed by atoms with Gasteiger partial charge in [0.15, 0.2) is 0 Å². The molecule has 2 fully saturated rings. The van der Waals surface area contributed by atoms with Gasteiger partial charge in [-0.2, -0.15) is 0 Å². The van der Waals surface area contributed by atoms with E-state index >= 15 is 0 Å². The van der Waals surface area contributed by atoms with E-state index < -0.39 is 0 Å². The third-order valence-corrected chi connectivity index (χ3v) is 4.10. The van der Waals surface area contributed by atoms with E-state index in [9.17, 15) is 0 Å². The molecule has 1 heteroatoms. The first kappa shape index (κ1) is 9.51. The van der Waals surface area contributed by atoms with Crippen molar-refractivity contribution in [2.24, 2.45) is 17.3 Å². The van der Waals surface area contributed by atoms with Crippen LogP contribution in [-0.2, 0) is 0 Å². The second-order valence-electron chi connectivity index (χ2n) is 5.70. The summed E-state index contributed by atoms with van der Waals surface area (Å²) < 4.78 is 0. The van der Waals surface area contributed by atoms with Crippen molar-refractivity contribution >= 4 is 0 Å². The van der Waals surface area contributed by atoms with Crippen molar-refractivity contribution < 1.29 is 0 Å². The van der Waals surface area contributed by atoms with Gasteiger partial charge in [0.1, 0.15) is 0 Å². The summed E-state index contributed by atoms with van der Waals surface area (Å²) in [5, 5.41) is 0. The molecule has 13 heavy (non-hydrogen) atoms. The third-order valence-electron chi connectivity index (χ3n) is 4.10. The van der Waals surface area contributed by atoms with Crippen LogP contribution in [0.5, 0.6) is 0 Å². The molecular weight excluding hydrogens is 158 g/mol. The van der Waals surface area contributed by atoms with Gasteiger partial charge in [0.25, 0.3) is 0 Å². The van der Waals surface area contributed by atoms with Crippen molar-refractivity contribution in [1.82, 2.24) is 4.90 Å². The quantitative estimate of drug-likeness (QED) is 0.633. The lowest BCUT2D eigenvalue weighted by Crippen LogP contribution is -2.32. The highest BCUT2D eigenvalue weighted by atomic mass is 15.1. The Labute approximate surface area is 82.5 Å². The van der Waals surface area contributed by atoms with Crippen LogP contribution in [0.25, 0.3) is 0 Å². The highest BCUT2D eigenvalue weighted by molar-refractivity contribution is 5.04. The fourth-order valence-corrected chi connectivity index (χ4v) is 3.01. The largest absolute Gasteiger partial charge is 0.306 e. The molecule has 2 rings (SSSR count). The van der Waals surface area contributed by atoms with Crippen molar-refractivity contribution in [2.75, 3.05) is 20.1 Å². The lowest BCUT2D eigenvalue weighted by atomic mass is 9.88. The number of hydrogen-bond acceptors (Lipinski definition) is 1. The van der Waals surface area contributed by atoms with Crippen LogP contribution in [0.1, 0.15) is 39.5 Å². The van der Waals surface area contributed by atoms with Gasteiger partial charge < -0.3 is 4.90 Å². The molecule has 1 heterocycles. The fraction of sp³-hybridized carbons (Fsp3) is 1.00. The van der Waals surface area contributed by atoms with Gasteiger partial charge in [-0.15, -0.1) is 0 Å². The molecule has 0 radical (unpaired) electrons. The molecule has 0 aromatic rings. The lowest BCUT2D eigenvalue weighted by Gasteiger charge is -2.30. The van der Waals surface area contributed by atoms with Crippen LogP contribution in [0.3, 0.4) is 0 Å². The second-order valence-corrected chi connectivity index (χ2v) is 5.70. The van der Waals surface area contributed by atoms with E-state index in [2.05, 4.69) is 25.8 Å². The molecule has 1 unspecified atom stereocenters. The minimum Gasteiger partial charge on any atom is -0.306 e. The zero-order valence-electron chi connectivity index (χ0n) is 9.34.